The first-order chi connectivity index (χ1) is 16.7. The zero-order valence-electron chi connectivity index (χ0n) is 18.8. The van der Waals surface area contributed by atoms with Crippen LogP contribution in [-0.4, -0.2) is 81.7 Å². The van der Waals surface area contributed by atoms with Crippen LogP contribution in [0.3, 0.4) is 0 Å². The molecule has 14 heteroatoms. The van der Waals surface area contributed by atoms with Gasteiger partial charge in [-0.25, -0.2) is 4.79 Å². The number of benzene rings is 1. The molecule has 4 heterocycles. The van der Waals surface area contributed by atoms with E-state index < -0.39 is 43.0 Å². The Bertz CT molecular complexity index is 1000. The number of urea groups is 1. The monoisotopic (exact) mass is 562 g/mol. The number of amides is 2. The molecule has 4 aliphatic rings. The van der Waals surface area contributed by atoms with Crippen molar-refractivity contribution in [2.75, 3.05) is 18.1 Å². The highest BCUT2D eigenvalue weighted by Crippen LogP contribution is 2.59. The molecule has 2 amide bonds. The van der Waals surface area contributed by atoms with E-state index in [-0.39, 0.29) is 18.8 Å². The topological polar surface area (TPSA) is 119 Å². The van der Waals surface area contributed by atoms with E-state index in [4.69, 9.17) is 34.9 Å². The lowest BCUT2D eigenvalue weighted by molar-refractivity contribution is -0.103. The second-order valence-electron chi connectivity index (χ2n) is 8.71. The fourth-order valence-corrected chi connectivity index (χ4v) is 9.25. The average Bonchev–Trinajstić information content (AvgIpc) is 3.08. The van der Waals surface area contributed by atoms with Crippen LogP contribution in [0.25, 0.3) is 0 Å². The summed E-state index contributed by atoms with van der Waals surface area (Å²) in [5.74, 6) is 1.38. The van der Waals surface area contributed by atoms with Crippen LogP contribution in [0, 0.1) is 0 Å². The third-order valence-electron chi connectivity index (χ3n) is 6.08. The number of aliphatic hydroxyl groups is 2. The van der Waals surface area contributed by atoms with E-state index in [1.165, 1.54) is 24.1 Å². The number of hydrogen-bond donors (Lipinski definition) is 3. The lowest BCUT2D eigenvalue weighted by Gasteiger charge is -2.40. The summed E-state index contributed by atoms with van der Waals surface area (Å²) < 4.78 is 30.3. The average molecular weight is 563 g/mol. The van der Waals surface area contributed by atoms with Crippen molar-refractivity contribution >= 4 is 46.1 Å². The first kappa shape index (κ1) is 25.9. The minimum Gasteiger partial charge on any atom is -0.383 e. The number of rotatable bonds is 6. The van der Waals surface area contributed by atoms with Crippen LogP contribution < -0.4 is 5.32 Å². The predicted octanol–water partition coefficient (Wildman–Crippen LogP) is 2.33. The van der Waals surface area contributed by atoms with Crippen molar-refractivity contribution in [3.63, 3.8) is 0 Å². The smallest absolute Gasteiger partial charge is 0.328 e. The van der Waals surface area contributed by atoms with Gasteiger partial charge in [-0.2, -0.15) is 0 Å². The standard InChI is InChI=1S/C21H27N2O8PS3/c1-21(26)18-14(29-19(21)23-8-7-17(24)22-20(23)25)10-28-32(33,31-18)30-16-12-35-34-11-15(16)27-9-13-5-3-2-4-6-13/h2-8,14-19,24,26H,9-12H2,1H3,(H,22,25)/t14-,15?,16+,17?,18-,19-,21-,32?/m1/s1. The van der Waals surface area contributed by atoms with E-state index in [9.17, 15) is 15.0 Å². The molecule has 3 unspecified atom stereocenters. The highest BCUT2D eigenvalue weighted by atomic mass is 33.1. The van der Waals surface area contributed by atoms with Crippen molar-refractivity contribution in [2.24, 2.45) is 0 Å². The molecule has 1 aromatic carbocycles. The first-order valence-corrected chi connectivity index (χ1v) is 16.1. The number of nitrogens with zero attached hydrogens (tertiary/aromatic N) is 1. The van der Waals surface area contributed by atoms with Gasteiger partial charge in [-0.3, -0.25) is 9.42 Å². The molecule has 0 radical (unpaired) electrons. The molecule has 0 bridgehead atoms. The number of hydrogen-bond acceptors (Lipinski definition) is 11. The molecule has 192 valence electrons. The number of fused-ring (bicyclic) bond motifs is 1. The van der Waals surface area contributed by atoms with E-state index in [1.807, 2.05) is 30.3 Å². The molecule has 35 heavy (non-hydrogen) atoms. The summed E-state index contributed by atoms with van der Waals surface area (Å²) >= 11 is 5.69. The van der Waals surface area contributed by atoms with Crippen LogP contribution in [0.5, 0.6) is 0 Å². The lowest BCUT2D eigenvalue weighted by atomic mass is 9.96. The van der Waals surface area contributed by atoms with E-state index in [2.05, 4.69) is 5.32 Å². The summed E-state index contributed by atoms with van der Waals surface area (Å²) in [6, 6.07) is 9.31. The number of carbonyl (C=O) groups excluding carboxylic acids is 1. The lowest BCUT2D eigenvalue weighted by Crippen LogP contribution is -2.58. The van der Waals surface area contributed by atoms with Crippen LogP contribution in [0.15, 0.2) is 42.6 Å². The third-order valence-corrected chi connectivity index (χ3v) is 10.8. The zero-order valence-corrected chi connectivity index (χ0v) is 22.1. The largest absolute Gasteiger partial charge is 0.383 e. The Morgan fingerprint density at radius 3 is 2.77 bits per heavy atom. The van der Waals surface area contributed by atoms with Crippen LogP contribution in [0.1, 0.15) is 12.5 Å². The van der Waals surface area contributed by atoms with Crippen molar-refractivity contribution in [3.05, 3.63) is 48.2 Å². The Morgan fingerprint density at radius 2 is 2.03 bits per heavy atom. The number of ether oxygens (including phenoxy) is 2. The Hall–Kier alpha value is -0.700. The Labute approximate surface area is 216 Å². The number of carbonyl (C=O) groups is 1. The SMILES string of the molecule is C[C@@]1(O)[C@@H]2OP(=S)(O[C@H]3CSSCC3OCc3ccccc3)OC[C@H]2O[C@H]1N1C=CC(O)NC1=O. The predicted molar refractivity (Wildman–Crippen MR) is 135 cm³/mol. The molecule has 0 aromatic heterocycles. The zero-order chi connectivity index (χ0) is 24.6. The van der Waals surface area contributed by atoms with Crippen molar-refractivity contribution in [1.29, 1.82) is 0 Å². The second-order valence-corrected chi connectivity index (χ2v) is 14.2. The van der Waals surface area contributed by atoms with Gasteiger partial charge in [0.15, 0.2) is 6.23 Å². The van der Waals surface area contributed by atoms with E-state index in [0.717, 1.165) is 11.3 Å². The molecule has 3 N–H and O–H groups in total. The van der Waals surface area contributed by atoms with Gasteiger partial charge in [-0.05, 0) is 30.4 Å². The minimum atomic E-state index is -3.24. The maximum Gasteiger partial charge on any atom is 0.328 e. The molecule has 0 saturated carbocycles. The van der Waals surface area contributed by atoms with Crippen LogP contribution >= 0.6 is 28.3 Å². The molecule has 3 fully saturated rings. The molecule has 10 nitrogen and oxygen atoms in total. The van der Waals surface area contributed by atoms with Gasteiger partial charge in [0.25, 0.3) is 0 Å². The van der Waals surface area contributed by atoms with Crippen LogP contribution in [-0.2, 0) is 41.5 Å². The van der Waals surface area contributed by atoms with Gasteiger partial charge in [0.1, 0.15) is 30.1 Å². The van der Waals surface area contributed by atoms with Crippen molar-refractivity contribution < 1.29 is 38.1 Å². The van der Waals surface area contributed by atoms with E-state index in [1.54, 1.807) is 21.6 Å². The summed E-state index contributed by atoms with van der Waals surface area (Å²) in [4.78, 5) is 13.5. The van der Waals surface area contributed by atoms with Gasteiger partial charge in [0.2, 0.25) is 0 Å². The normalized spacial score (nSPS) is 41.5. The third kappa shape index (κ3) is 5.60. The summed E-state index contributed by atoms with van der Waals surface area (Å²) in [5, 5.41) is 23.3. The van der Waals surface area contributed by atoms with Crippen LogP contribution in [0.4, 0.5) is 4.79 Å². The van der Waals surface area contributed by atoms with Crippen LogP contribution in [0.2, 0.25) is 0 Å². The summed E-state index contributed by atoms with van der Waals surface area (Å²) in [6.45, 7) is -1.21. The summed E-state index contributed by atoms with van der Waals surface area (Å²) in [5.41, 5.74) is -0.537. The molecule has 8 atom stereocenters. The fraction of sp³-hybridized carbons (Fsp3) is 0.571. The Morgan fingerprint density at radius 1 is 1.29 bits per heavy atom. The molecule has 0 spiro atoms. The van der Waals surface area contributed by atoms with Crippen molar-refractivity contribution in [3.8, 4) is 0 Å². The van der Waals surface area contributed by atoms with Gasteiger partial charge in [0, 0.05) is 17.7 Å². The molecule has 5 rings (SSSR count). The molecular weight excluding hydrogens is 535 g/mol. The summed E-state index contributed by atoms with van der Waals surface area (Å²) in [7, 11) is 3.39. The number of nitrogens with one attached hydrogen (secondary N) is 1. The van der Waals surface area contributed by atoms with E-state index >= 15 is 0 Å². The molecule has 3 saturated heterocycles. The van der Waals surface area contributed by atoms with Gasteiger partial charge >= 0.3 is 12.7 Å². The molecule has 1 aromatic rings. The highest BCUT2D eigenvalue weighted by Gasteiger charge is 2.61. The second kappa shape index (κ2) is 10.6. The quantitative estimate of drug-likeness (QED) is 0.350. The molecule has 4 aliphatic heterocycles. The highest BCUT2D eigenvalue weighted by molar-refractivity contribution is 8.76. The van der Waals surface area contributed by atoms with Crippen molar-refractivity contribution in [1.82, 2.24) is 10.2 Å². The molecular formula is C21H27N2O8PS3. The van der Waals surface area contributed by atoms with Gasteiger partial charge in [-0.1, -0.05) is 51.9 Å². The van der Waals surface area contributed by atoms with Crippen molar-refractivity contribution in [2.45, 2.75) is 56.0 Å². The Balaban J connectivity index is 1.26. The first-order valence-electron chi connectivity index (χ1n) is 11.1. The molecule has 0 aliphatic carbocycles. The van der Waals surface area contributed by atoms with Gasteiger partial charge in [-0.15, -0.1) is 0 Å². The van der Waals surface area contributed by atoms with E-state index in [0.29, 0.717) is 12.4 Å². The van der Waals surface area contributed by atoms with Gasteiger partial charge < -0.3 is 34.1 Å². The maximum absolute atomic E-state index is 12.4. The van der Waals surface area contributed by atoms with Gasteiger partial charge in [0.05, 0.1) is 19.3 Å². The minimum absolute atomic E-state index is 0.0561. The fourth-order valence-electron chi connectivity index (χ4n) is 4.25. The maximum atomic E-state index is 12.4. The number of aliphatic hydroxyl groups excluding tert-OH is 1. The Kier molecular flexibility index (Phi) is 7.84. The summed E-state index contributed by atoms with van der Waals surface area (Å²) in [6.07, 6.45) is -1.47.